The molecule has 0 fully saturated rings. The van der Waals surface area contributed by atoms with Crippen LogP contribution >= 0.6 is 12.6 Å². The van der Waals surface area contributed by atoms with Gasteiger partial charge in [-0.05, 0) is 40.7 Å². The number of benzene rings is 2. The van der Waals surface area contributed by atoms with Gasteiger partial charge in [-0.3, -0.25) is 9.59 Å². The number of anilines is 1. The van der Waals surface area contributed by atoms with E-state index in [2.05, 4.69) is 40.3 Å². The maximum absolute atomic E-state index is 13.1. The summed E-state index contributed by atoms with van der Waals surface area (Å²) in [6, 6.07) is 11.4. The second-order valence-electron chi connectivity index (χ2n) is 7.08. The largest absolute Gasteiger partial charge is 0.268 e. The SMILES string of the molecule is CC(C)c1cccc(C(C)C)c1N1C(=O)c2ccc(CS)cc2C1=O. The summed E-state index contributed by atoms with van der Waals surface area (Å²) in [4.78, 5) is 27.5. The lowest BCUT2D eigenvalue weighted by Gasteiger charge is -2.25. The monoisotopic (exact) mass is 353 g/mol. The molecular weight excluding hydrogens is 330 g/mol. The third kappa shape index (κ3) is 2.89. The predicted octanol–water partition coefficient (Wildman–Crippen LogP) is 5.16. The van der Waals surface area contributed by atoms with Crippen LogP contribution in [0, 0.1) is 0 Å². The van der Waals surface area contributed by atoms with Crippen molar-refractivity contribution in [1.29, 1.82) is 0 Å². The molecule has 1 aliphatic heterocycles. The van der Waals surface area contributed by atoms with Crippen molar-refractivity contribution in [3.63, 3.8) is 0 Å². The van der Waals surface area contributed by atoms with Crippen molar-refractivity contribution < 1.29 is 9.59 Å². The van der Waals surface area contributed by atoms with Crippen LogP contribution in [0.4, 0.5) is 5.69 Å². The zero-order valence-corrected chi connectivity index (χ0v) is 15.9. The number of carbonyl (C=O) groups excluding carboxylic acids is 2. The first kappa shape index (κ1) is 17.7. The molecule has 0 saturated heterocycles. The summed E-state index contributed by atoms with van der Waals surface area (Å²) < 4.78 is 0. The fourth-order valence-electron chi connectivity index (χ4n) is 3.36. The van der Waals surface area contributed by atoms with Crippen molar-refractivity contribution in [3.8, 4) is 0 Å². The van der Waals surface area contributed by atoms with Gasteiger partial charge in [0.1, 0.15) is 0 Å². The third-order valence-electron chi connectivity index (χ3n) is 4.70. The van der Waals surface area contributed by atoms with E-state index in [1.807, 2.05) is 24.3 Å². The van der Waals surface area contributed by atoms with Crippen LogP contribution in [0.15, 0.2) is 36.4 Å². The van der Waals surface area contributed by atoms with Gasteiger partial charge in [-0.25, -0.2) is 4.90 Å². The van der Waals surface area contributed by atoms with Gasteiger partial charge in [-0.2, -0.15) is 12.6 Å². The van der Waals surface area contributed by atoms with Gasteiger partial charge in [0.15, 0.2) is 0 Å². The number of thiol groups is 1. The van der Waals surface area contributed by atoms with E-state index in [1.165, 1.54) is 4.90 Å². The first-order chi connectivity index (χ1) is 11.9. The van der Waals surface area contributed by atoms with Crippen molar-refractivity contribution >= 4 is 30.1 Å². The van der Waals surface area contributed by atoms with Crippen LogP contribution in [0.1, 0.15) is 76.9 Å². The average Bonchev–Trinajstić information content (AvgIpc) is 2.84. The van der Waals surface area contributed by atoms with Crippen molar-refractivity contribution in [2.75, 3.05) is 4.90 Å². The molecule has 25 heavy (non-hydrogen) atoms. The van der Waals surface area contributed by atoms with Gasteiger partial charge in [-0.15, -0.1) is 0 Å². The van der Waals surface area contributed by atoms with Gasteiger partial charge in [0.25, 0.3) is 11.8 Å². The Kier molecular flexibility index (Phi) is 4.74. The molecule has 0 atom stereocenters. The number of amides is 2. The first-order valence-corrected chi connectivity index (χ1v) is 9.25. The number of rotatable bonds is 4. The Hall–Kier alpha value is -2.07. The van der Waals surface area contributed by atoms with E-state index in [4.69, 9.17) is 0 Å². The van der Waals surface area contributed by atoms with Crippen molar-refractivity contribution in [1.82, 2.24) is 0 Å². The second-order valence-corrected chi connectivity index (χ2v) is 7.39. The fourth-order valence-corrected chi connectivity index (χ4v) is 3.56. The van der Waals surface area contributed by atoms with E-state index in [0.29, 0.717) is 16.9 Å². The van der Waals surface area contributed by atoms with E-state index >= 15 is 0 Å². The Labute approximate surface area is 154 Å². The van der Waals surface area contributed by atoms with Crippen LogP contribution in [-0.2, 0) is 5.75 Å². The minimum Gasteiger partial charge on any atom is -0.268 e. The van der Waals surface area contributed by atoms with E-state index in [0.717, 1.165) is 22.4 Å². The standard InChI is InChI=1S/C21H23NO2S/c1-12(2)15-6-5-7-16(13(3)4)19(15)22-20(23)17-9-8-14(11-25)10-18(17)21(22)24/h5-10,12-13,25H,11H2,1-4H3. The van der Waals surface area contributed by atoms with E-state index in [9.17, 15) is 9.59 Å². The van der Waals surface area contributed by atoms with Crippen LogP contribution in [0.3, 0.4) is 0 Å². The van der Waals surface area contributed by atoms with E-state index in [1.54, 1.807) is 12.1 Å². The van der Waals surface area contributed by atoms with Crippen molar-refractivity contribution in [3.05, 3.63) is 64.2 Å². The first-order valence-electron chi connectivity index (χ1n) is 8.62. The van der Waals surface area contributed by atoms with Gasteiger partial charge < -0.3 is 0 Å². The maximum Gasteiger partial charge on any atom is 0.266 e. The van der Waals surface area contributed by atoms with Gasteiger partial charge in [0, 0.05) is 5.75 Å². The van der Waals surface area contributed by atoms with Crippen LogP contribution in [0.5, 0.6) is 0 Å². The summed E-state index contributed by atoms with van der Waals surface area (Å²) >= 11 is 4.27. The minimum atomic E-state index is -0.237. The Morgan fingerprint density at radius 1 is 0.880 bits per heavy atom. The molecule has 3 nitrogen and oxygen atoms in total. The molecule has 0 saturated carbocycles. The molecule has 4 heteroatoms. The molecule has 2 amide bonds. The summed E-state index contributed by atoms with van der Waals surface area (Å²) in [5, 5.41) is 0. The smallest absolute Gasteiger partial charge is 0.266 e. The van der Waals surface area contributed by atoms with Gasteiger partial charge in [0.2, 0.25) is 0 Å². The Morgan fingerprint density at radius 3 is 1.96 bits per heavy atom. The highest BCUT2D eigenvalue weighted by Crippen LogP contribution is 2.39. The molecule has 0 aliphatic carbocycles. The summed E-state index contributed by atoms with van der Waals surface area (Å²) in [6.07, 6.45) is 0. The second kappa shape index (κ2) is 6.68. The van der Waals surface area contributed by atoms with E-state index in [-0.39, 0.29) is 23.7 Å². The molecule has 0 spiro atoms. The Bertz CT molecular complexity index is 829. The fraction of sp³-hybridized carbons (Fsp3) is 0.333. The van der Waals surface area contributed by atoms with Gasteiger partial charge >= 0.3 is 0 Å². The molecule has 3 rings (SSSR count). The molecule has 0 radical (unpaired) electrons. The normalized spacial score (nSPS) is 14.0. The topological polar surface area (TPSA) is 37.4 Å². The van der Waals surface area contributed by atoms with Crippen LogP contribution in [0.2, 0.25) is 0 Å². The molecule has 0 unspecified atom stereocenters. The predicted molar refractivity (Wildman–Crippen MR) is 105 cm³/mol. The number of hydrogen-bond donors (Lipinski definition) is 1. The minimum absolute atomic E-state index is 0.214. The Morgan fingerprint density at radius 2 is 1.44 bits per heavy atom. The molecule has 0 N–H and O–H groups in total. The lowest BCUT2D eigenvalue weighted by Crippen LogP contribution is -2.31. The van der Waals surface area contributed by atoms with Crippen molar-refractivity contribution in [2.45, 2.75) is 45.3 Å². The molecule has 130 valence electrons. The third-order valence-corrected chi connectivity index (χ3v) is 5.06. The summed E-state index contributed by atoms with van der Waals surface area (Å²) in [7, 11) is 0. The zero-order chi connectivity index (χ0) is 18.3. The number of imide groups is 1. The Balaban J connectivity index is 2.21. The highest BCUT2D eigenvalue weighted by Gasteiger charge is 2.39. The number of fused-ring (bicyclic) bond motifs is 1. The molecular formula is C21H23NO2S. The highest BCUT2D eigenvalue weighted by molar-refractivity contribution is 7.79. The van der Waals surface area contributed by atoms with Crippen LogP contribution < -0.4 is 4.90 Å². The molecule has 0 aromatic heterocycles. The number of carbonyl (C=O) groups is 2. The maximum atomic E-state index is 13.1. The van der Waals surface area contributed by atoms with Crippen molar-refractivity contribution in [2.24, 2.45) is 0 Å². The molecule has 2 aromatic carbocycles. The summed E-state index contributed by atoms with van der Waals surface area (Å²) in [5.41, 5.74) is 4.69. The number of nitrogens with zero attached hydrogens (tertiary/aromatic N) is 1. The average molecular weight is 353 g/mol. The highest BCUT2D eigenvalue weighted by atomic mass is 32.1. The van der Waals surface area contributed by atoms with Gasteiger partial charge in [-0.1, -0.05) is 52.0 Å². The summed E-state index contributed by atoms with van der Waals surface area (Å²) in [6.45, 7) is 8.33. The van der Waals surface area contributed by atoms with Crippen LogP contribution in [0.25, 0.3) is 0 Å². The zero-order valence-electron chi connectivity index (χ0n) is 15.0. The lowest BCUT2D eigenvalue weighted by molar-refractivity contribution is 0.0925. The number of hydrogen-bond acceptors (Lipinski definition) is 3. The number of para-hydroxylation sites is 1. The molecule has 0 bridgehead atoms. The lowest BCUT2D eigenvalue weighted by atomic mass is 9.92. The van der Waals surface area contributed by atoms with Gasteiger partial charge in [0.05, 0.1) is 16.8 Å². The molecule has 1 heterocycles. The van der Waals surface area contributed by atoms with E-state index < -0.39 is 0 Å². The quantitative estimate of drug-likeness (QED) is 0.609. The molecule has 2 aromatic rings. The summed E-state index contributed by atoms with van der Waals surface area (Å²) in [5.74, 6) is 0.491. The molecule has 1 aliphatic rings. The van der Waals surface area contributed by atoms with Crippen LogP contribution in [-0.4, -0.2) is 11.8 Å².